The summed E-state index contributed by atoms with van der Waals surface area (Å²) in [6.45, 7) is 4.52. The van der Waals surface area contributed by atoms with Gasteiger partial charge in [0.15, 0.2) is 0 Å². The fraction of sp³-hybridized carbons (Fsp3) is 0.421. The first-order chi connectivity index (χ1) is 13.3. The number of methoxy groups -OCH3 is 2. The van der Waals surface area contributed by atoms with Crippen LogP contribution in [-0.4, -0.2) is 50.5 Å². The van der Waals surface area contributed by atoms with E-state index in [-0.39, 0.29) is 23.0 Å². The fourth-order valence-electron chi connectivity index (χ4n) is 2.88. The number of sulfonamides is 1. The molecule has 0 bridgehead atoms. The van der Waals surface area contributed by atoms with E-state index in [1.54, 1.807) is 53.3 Å². The molecule has 1 N–H and O–H groups in total. The van der Waals surface area contributed by atoms with Crippen LogP contribution in [-0.2, 0) is 23.6 Å². The number of aromatic nitrogens is 1. The molecule has 28 heavy (non-hydrogen) atoms. The molecule has 8 nitrogen and oxygen atoms in total. The van der Waals surface area contributed by atoms with Crippen molar-refractivity contribution in [1.82, 2.24) is 14.2 Å². The Labute approximate surface area is 166 Å². The second kappa shape index (κ2) is 9.11. The highest BCUT2D eigenvalue weighted by atomic mass is 32.2. The average Bonchev–Trinajstić information content (AvgIpc) is 3.09. The molecule has 0 unspecified atom stereocenters. The maximum atomic E-state index is 12.7. The molecular formula is C19H27N3O5S. The molecule has 2 rings (SSSR count). The molecule has 0 aliphatic carbocycles. The quantitative estimate of drug-likeness (QED) is 0.684. The number of amides is 1. The standard InChI is InChI=1S/C19H27N3O5S/c1-6-22(7-2)28(24,25)16-11-17(21(3)13-16)19(23)20-12-14-8-9-15(26-4)10-18(14)27-5/h8-11,13H,6-7,12H2,1-5H3,(H,20,23). The third-order valence-electron chi connectivity index (χ3n) is 4.49. The molecule has 154 valence electrons. The average molecular weight is 410 g/mol. The van der Waals surface area contributed by atoms with Gasteiger partial charge in [0, 0.05) is 44.5 Å². The number of carbonyl (C=O) groups excluding carboxylic acids is 1. The summed E-state index contributed by atoms with van der Waals surface area (Å²) in [6.07, 6.45) is 1.45. The lowest BCUT2D eigenvalue weighted by Gasteiger charge is -2.17. The van der Waals surface area contributed by atoms with Crippen LogP contribution in [0.15, 0.2) is 35.4 Å². The molecule has 0 radical (unpaired) electrons. The van der Waals surface area contributed by atoms with Crippen LogP contribution in [0.2, 0.25) is 0 Å². The summed E-state index contributed by atoms with van der Waals surface area (Å²) in [5.74, 6) is 0.873. The van der Waals surface area contributed by atoms with Crippen LogP contribution in [0.25, 0.3) is 0 Å². The zero-order valence-corrected chi connectivity index (χ0v) is 17.7. The van der Waals surface area contributed by atoms with Crippen LogP contribution in [0.3, 0.4) is 0 Å². The van der Waals surface area contributed by atoms with E-state index in [0.29, 0.717) is 24.6 Å². The van der Waals surface area contributed by atoms with Crippen LogP contribution in [0.1, 0.15) is 29.9 Å². The van der Waals surface area contributed by atoms with Gasteiger partial charge in [-0.2, -0.15) is 4.31 Å². The maximum Gasteiger partial charge on any atom is 0.268 e. The fourth-order valence-corrected chi connectivity index (χ4v) is 4.41. The Morgan fingerprint density at radius 2 is 1.82 bits per heavy atom. The van der Waals surface area contributed by atoms with E-state index in [0.717, 1.165) is 5.56 Å². The first kappa shape index (κ1) is 21.8. The van der Waals surface area contributed by atoms with Gasteiger partial charge < -0.3 is 19.4 Å². The second-order valence-electron chi connectivity index (χ2n) is 6.12. The van der Waals surface area contributed by atoms with Crippen LogP contribution in [0.4, 0.5) is 0 Å². The van der Waals surface area contributed by atoms with Crippen molar-refractivity contribution in [2.45, 2.75) is 25.3 Å². The van der Waals surface area contributed by atoms with E-state index < -0.39 is 10.0 Å². The summed E-state index contributed by atoms with van der Waals surface area (Å²) in [5, 5.41) is 2.80. The third-order valence-corrected chi connectivity index (χ3v) is 6.50. The van der Waals surface area contributed by atoms with Crippen molar-refractivity contribution < 1.29 is 22.7 Å². The number of rotatable bonds is 9. The van der Waals surface area contributed by atoms with Gasteiger partial charge in [-0.05, 0) is 18.2 Å². The molecule has 0 aliphatic heterocycles. The molecule has 0 saturated carbocycles. The lowest BCUT2D eigenvalue weighted by atomic mass is 10.2. The van der Waals surface area contributed by atoms with Gasteiger partial charge in [0.1, 0.15) is 22.1 Å². The minimum absolute atomic E-state index is 0.103. The molecule has 1 amide bonds. The Morgan fingerprint density at radius 1 is 1.14 bits per heavy atom. The highest BCUT2D eigenvalue weighted by Gasteiger charge is 2.25. The molecule has 1 aromatic heterocycles. The lowest BCUT2D eigenvalue weighted by Crippen LogP contribution is -2.30. The van der Waals surface area contributed by atoms with Gasteiger partial charge in [-0.15, -0.1) is 0 Å². The SMILES string of the molecule is CCN(CC)S(=O)(=O)c1cc(C(=O)NCc2ccc(OC)cc2OC)n(C)c1. The van der Waals surface area contributed by atoms with Gasteiger partial charge in [-0.25, -0.2) is 8.42 Å². The van der Waals surface area contributed by atoms with E-state index in [4.69, 9.17) is 9.47 Å². The molecule has 0 aliphatic rings. The minimum atomic E-state index is -3.62. The Kier molecular flexibility index (Phi) is 7.09. The van der Waals surface area contributed by atoms with Gasteiger partial charge in [-0.1, -0.05) is 13.8 Å². The van der Waals surface area contributed by atoms with Crippen LogP contribution < -0.4 is 14.8 Å². The van der Waals surface area contributed by atoms with Gasteiger partial charge in [0.25, 0.3) is 5.91 Å². The maximum absolute atomic E-state index is 12.7. The predicted molar refractivity (Wildman–Crippen MR) is 106 cm³/mol. The van der Waals surface area contributed by atoms with Crippen molar-refractivity contribution in [3.63, 3.8) is 0 Å². The number of ether oxygens (including phenoxy) is 2. The Morgan fingerprint density at radius 3 is 2.39 bits per heavy atom. The van der Waals surface area contributed by atoms with E-state index in [9.17, 15) is 13.2 Å². The summed E-state index contributed by atoms with van der Waals surface area (Å²) in [6, 6.07) is 6.72. The predicted octanol–water partition coefficient (Wildman–Crippen LogP) is 2.00. The van der Waals surface area contributed by atoms with Crippen LogP contribution in [0, 0.1) is 0 Å². The molecule has 1 aromatic carbocycles. The van der Waals surface area contributed by atoms with Gasteiger partial charge >= 0.3 is 0 Å². The number of aryl methyl sites for hydroxylation is 1. The van der Waals surface area contributed by atoms with Gasteiger partial charge in [-0.3, -0.25) is 4.79 Å². The summed E-state index contributed by atoms with van der Waals surface area (Å²) >= 11 is 0. The van der Waals surface area contributed by atoms with E-state index in [1.807, 2.05) is 0 Å². The van der Waals surface area contributed by atoms with Crippen molar-refractivity contribution in [1.29, 1.82) is 0 Å². The third kappa shape index (κ3) is 4.48. The molecule has 0 saturated heterocycles. The summed E-state index contributed by atoms with van der Waals surface area (Å²) in [5.41, 5.74) is 1.04. The molecule has 9 heteroatoms. The van der Waals surface area contributed by atoms with Crippen LogP contribution in [0.5, 0.6) is 11.5 Å². The van der Waals surface area contributed by atoms with E-state index in [1.165, 1.54) is 21.1 Å². The Hall–Kier alpha value is -2.52. The first-order valence-corrected chi connectivity index (χ1v) is 10.4. The van der Waals surface area contributed by atoms with Crippen molar-refractivity contribution in [3.05, 3.63) is 41.7 Å². The Balaban J connectivity index is 2.19. The molecule has 0 fully saturated rings. The number of carbonyl (C=O) groups is 1. The Bertz CT molecular complexity index is 933. The van der Waals surface area contributed by atoms with Gasteiger partial charge in [0.05, 0.1) is 14.2 Å². The summed E-state index contributed by atoms with van der Waals surface area (Å²) in [4.78, 5) is 12.7. The minimum Gasteiger partial charge on any atom is -0.497 e. The van der Waals surface area contributed by atoms with E-state index >= 15 is 0 Å². The van der Waals surface area contributed by atoms with Crippen LogP contribution >= 0.6 is 0 Å². The lowest BCUT2D eigenvalue weighted by molar-refractivity contribution is 0.0942. The normalized spacial score (nSPS) is 11.5. The number of hydrogen-bond donors (Lipinski definition) is 1. The zero-order valence-electron chi connectivity index (χ0n) is 16.9. The monoisotopic (exact) mass is 409 g/mol. The largest absolute Gasteiger partial charge is 0.497 e. The zero-order chi connectivity index (χ0) is 20.9. The van der Waals surface area contributed by atoms with Crippen molar-refractivity contribution in [2.75, 3.05) is 27.3 Å². The first-order valence-electron chi connectivity index (χ1n) is 8.94. The molecule has 0 spiro atoms. The number of nitrogens with zero attached hydrogens (tertiary/aromatic N) is 2. The molecule has 0 atom stereocenters. The number of hydrogen-bond acceptors (Lipinski definition) is 5. The number of benzene rings is 1. The summed E-state index contributed by atoms with van der Waals surface area (Å²) in [7, 11) is 1.13. The summed E-state index contributed by atoms with van der Waals surface area (Å²) < 4.78 is 38.7. The number of nitrogens with one attached hydrogen (secondary N) is 1. The van der Waals surface area contributed by atoms with Crippen molar-refractivity contribution in [2.24, 2.45) is 7.05 Å². The van der Waals surface area contributed by atoms with Crippen molar-refractivity contribution in [3.8, 4) is 11.5 Å². The molecule has 2 aromatic rings. The highest BCUT2D eigenvalue weighted by Crippen LogP contribution is 2.24. The highest BCUT2D eigenvalue weighted by molar-refractivity contribution is 7.89. The van der Waals surface area contributed by atoms with Crippen molar-refractivity contribution >= 4 is 15.9 Å². The van der Waals surface area contributed by atoms with Gasteiger partial charge in [0.2, 0.25) is 10.0 Å². The molecule has 1 heterocycles. The molecular weight excluding hydrogens is 382 g/mol. The topological polar surface area (TPSA) is 89.9 Å². The smallest absolute Gasteiger partial charge is 0.268 e. The van der Waals surface area contributed by atoms with E-state index in [2.05, 4.69) is 5.32 Å². The second-order valence-corrected chi connectivity index (χ2v) is 8.06.